The normalized spacial score (nSPS) is 13.9. The van der Waals surface area contributed by atoms with Gasteiger partial charge in [0.2, 0.25) is 0 Å². The Morgan fingerprint density at radius 2 is 1.77 bits per heavy atom. The molecule has 2 aromatic carbocycles. The average molecular weight is 498 g/mol. The predicted octanol–water partition coefficient (Wildman–Crippen LogP) is 6.33. The molecule has 0 atom stereocenters. The van der Waals surface area contributed by atoms with Crippen LogP contribution >= 0.6 is 22.7 Å². The molecular weight excluding hydrogens is 474 g/mol. The lowest BCUT2D eigenvalue weighted by Crippen LogP contribution is -2.18. The van der Waals surface area contributed by atoms with Crippen molar-refractivity contribution in [1.82, 2.24) is 19.9 Å². The minimum atomic E-state index is -0.233. The van der Waals surface area contributed by atoms with Gasteiger partial charge in [-0.05, 0) is 49.7 Å². The smallest absolute Gasteiger partial charge is 0.275 e. The molecule has 1 aliphatic heterocycles. The molecule has 0 bridgehead atoms. The van der Waals surface area contributed by atoms with Crippen LogP contribution in [0.5, 0.6) is 0 Å². The highest BCUT2D eigenvalue weighted by molar-refractivity contribution is 7.21. The molecule has 1 saturated heterocycles. The van der Waals surface area contributed by atoms with Crippen molar-refractivity contribution in [3.05, 3.63) is 83.5 Å². The van der Waals surface area contributed by atoms with Crippen LogP contribution in [0, 0.1) is 0 Å². The number of hydrogen-bond acceptors (Lipinski definition) is 7. The van der Waals surface area contributed by atoms with Crippen molar-refractivity contribution in [1.29, 1.82) is 0 Å². The van der Waals surface area contributed by atoms with Crippen LogP contribution in [0.2, 0.25) is 0 Å². The van der Waals surface area contributed by atoms with Gasteiger partial charge in [0, 0.05) is 29.2 Å². The molecule has 174 valence electrons. The third-order valence-electron chi connectivity index (χ3n) is 6.07. The van der Waals surface area contributed by atoms with Gasteiger partial charge in [0.1, 0.15) is 26.1 Å². The molecule has 0 radical (unpaired) electrons. The Bertz CT molecular complexity index is 1490. The van der Waals surface area contributed by atoms with Gasteiger partial charge in [-0.15, -0.1) is 11.3 Å². The van der Waals surface area contributed by atoms with Crippen LogP contribution in [-0.2, 0) is 6.54 Å². The summed E-state index contributed by atoms with van der Waals surface area (Å²) in [6.07, 6.45) is 4.50. The SMILES string of the molecule is O=C(Nc1ccccc1-c1nc2cc(CN3CCCC3)cnc2s1)c1csc(-c2ccccc2)n1. The summed E-state index contributed by atoms with van der Waals surface area (Å²) in [7, 11) is 0. The number of hydrogen-bond donors (Lipinski definition) is 1. The summed E-state index contributed by atoms with van der Waals surface area (Å²) in [5.74, 6) is -0.233. The Morgan fingerprint density at radius 3 is 2.63 bits per heavy atom. The van der Waals surface area contributed by atoms with E-state index < -0.39 is 0 Å². The standard InChI is InChI=1S/C27H23N5OS2/c33-24(23-17-34-25(31-23)19-8-2-1-3-9-19)29-21-11-5-4-10-20(21)26-30-22-14-18(15-28-27(22)35-26)16-32-12-6-7-13-32/h1-5,8-11,14-15,17H,6-7,12-13,16H2,(H,29,33). The van der Waals surface area contributed by atoms with E-state index in [0.29, 0.717) is 11.4 Å². The third kappa shape index (κ3) is 4.73. The van der Waals surface area contributed by atoms with Crippen molar-refractivity contribution < 1.29 is 4.79 Å². The molecule has 1 amide bonds. The summed E-state index contributed by atoms with van der Waals surface area (Å²) in [5.41, 5.74) is 5.08. The Labute approximate surface area is 211 Å². The minimum Gasteiger partial charge on any atom is -0.320 e. The third-order valence-corrected chi connectivity index (χ3v) is 7.98. The predicted molar refractivity (Wildman–Crippen MR) is 143 cm³/mol. The van der Waals surface area contributed by atoms with Crippen molar-refractivity contribution >= 4 is 44.6 Å². The fourth-order valence-corrected chi connectivity index (χ4v) is 6.06. The van der Waals surface area contributed by atoms with Crippen LogP contribution in [0.4, 0.5) is 5.69 Å². The van der Waals surface area contributed by atoms with Crippen molar-refractivity contribution in [2.75, 3.05) is 18.4 Å². The first-order valence-electron chi connectivity index (χ1n) is 11.6. The van der Waals surface area contributed by atoms with Crippen LogP contribution in [-0.4, -0.2) is 38.8 Å². The van der Waals surface area contributed by atoms with Gasteiger partial charge in [-0.2, -0.15) is 0 Å². The quantitative estimate of drug-likeness (QED) is 0.297. The van der Waals surface area contributed by atoms with Gasteiger partial charge >= 0.3 is 0 Å². The Hall–Kier alpha value is -3.46. The van der Waals surface area contributed by atoms with Crippen LogP contribution in [0.25, 0.3) is 31.5 Å². The number of anilines is 1. The molecule has 6 rings (SSSR count). The second-order valence-corrected chi connectivity index (χ2v) is 10.4. The molecule has 0 aliphatic carbocycles. The molecule has 1 fully saturated rings. The lowest BCUT2D eigenvalue weighted by Gasteiger charge is -2.13. The number of likely N-dealkylation sites (tertiary alicyclic amines) is 1. The van der Waals surface area contributed by atoms with Gasteiger partial charge in [0.25, 0.3) is 5.91 Å². The number of thiazole rings is 2. The zero-order valence-electron chi connectivity index (χ0n) is 19.0. The van der Waals surface area contributed by atoms with E-state index in [9.17, 15) is 4.79 Å². The molecule has 1 N–H and O–H groups in total. The van der Waals surface area contributed by atoms with E-state index in [2.05, 4.69) is 26.3 Å². The largest absolute Gasteiger partial charge is 0.320 e. The number of carbonyl (C=O) groups excluding carboxylic acids is 1. The van der Waals surface area contributed by atoms with Crippen molar-refractivity contribution in [3.63, 3.8) is 0 Å². The summed E-state index contributed by atoms with van der Waals surface area (Å²) in [5, 5.41) is 6.50. The van der Waals surface area contributed by atoms with E-state index in [0.717, 1.165) is 51.1 Å². The topological polar surface area (TPSA) is 71.0 Å². The number of carbonyl (C=O) groups is 1. The van der Waals surface area contributed by atoms with Crippen LogP contribution in [0.1, 0.15) is 28.9 Å². The van der Waals surface area contributed by atoms with Crippen LogP contribution in [0.3, 0.4) is 0 Å². The zero-order chi connectivity index (χ0) is 23.6. The minimum absolute atomic E-state index is 0.233. The molecule has 6 nitrogen and oxygen atoms in total. The summed E-state index contributed by atoms with van der Waals surface area (Å²) >= 11 is 3.00. The van der Waals surface area contributed by atoms with Gasteiger partial charge in [-0.1, -0.05) is 53.8 Å². The van der Waals surface area contributed by atoms with E-state index in [-0.39, 0.29) is 5.91 Å². The van der Waals surface area contributed by atoms with Gasteiger partial charge in [-0.25, -0.2) is 15.0 Å². The summed E-state index contributed by atoms with van der Waals surface area (Å²) in [6.45, 7) is 3.22. The number of para-hydroxylation sites is 1. The first-order valence-corrected chi connectivity index (χ1v) is 13.3. The molecule has 1 aliphatic rings. The maximum absolute atomic E-state index is 13.0. The van der Waals surface area contributed by atoms with Crippen molar-refractivity contribution in [3.8, 4) is 21.1 Å². The Kier molecular flexibility index (Phi) is 6.08. The zero-order valence-corrected chi connectivity index (χ0v) is 20.6. The molecule has 3 aromatic heterocycles. The Balaban J connectivity index is 1.24. The second-order valence-electron chi connectivity index (χ2n) is 8.57. The van der Waals surface area contributed by atoms with E-state index in [1.165, 1.54) is 41.1 Å². The number of nitrogens with zero attached hydrogens (tertiary/aromatic N) is 4. The van der Waals surface area contributed by atoms with E-state index >= 15 is 0 Å². The van der Waals surface area contributed by atoms with E-state index in [1.807, 2.05) is 60.8 Å². The molecule has 35 heavy (non-hydrogen) atoms. The van der Waals surface area contributed by atoms with Crippen LogP contribution in [0.15, 0.2) is 72.2 Å². The molecule has 0 spiro atoms. The molecule has 8 heteroatoms. The second kappa shape index (κ2) is 9.65. The Morgan fingerprint density at radius 1 is 0.971 bits per heavy atom. The molecule has 0 saturated carbocycles. The summed E-state index contributed by atoms with van der Waals surface area (Å²) in [4.78, 5) is 30.5. The van der Waals surface area contributed by atoms with Crippen LogP contribution < -0.4 is 5.32 Å². The number of aromatic nitrogens is 3. The molecular formula is C27H23N5OS2. The van der Waals surface area contributed by atoms with Gasteiger partial charge in [0.15, 0.2) is 0 Å². The summed E-state index contributed by atoms with van der Waals surface area (Å²) in [6, 6.07) is 19.8. The highest BCUT2D eigenvalue weighted by Crippen LogP contribution is 2.34. The number of fused-ring (bicyclic) bond motifs is 1. The van der Waals surface area contributed by atoms with E-state index in [1.54, 1.807) is 5.38 Å². The molecule has 0 unspecified atom stereocenters. The monoisotopic (exact) mass is 497 g/mol. The van der Waals surface area contributed by atoms with Gasteiger partial charge in [-0.3, -0.25) is 9.69 Å². The maximum Gasteiger partial charge on any atom is 0.275 e. The number of pyridine rings is 1. The maximum atomic E-state index is 13.0. The molecule has 4 heterocycles. The lowest BCUT2D eigenvalue weighted by molar-refractivity contribution is 0.102. The number of benzene rings is 2. The first-order chi connectivity index (χ1) is 17.2. The number of rotatable bonds is 6. The number of nitrogens with one attached hydrogen (secondary N) is 1. The highest BCUT2D eigenvalue weighted by Gasteiger charge is 2.17. The lowest BCUT2D eigenvalue weighted by atomic mass is 10.2. The number of amides is 1. The molecule has 5 aromatic rings. The fraction of sp³-hybridized carbons (Fsp3) is 0.185. The van der Waals surface area contributed by atoms with Gasteiger partial charge in [0.05, 0.1) is 5.69 Å². The average Bonchev–Trinajstić information content (AvgIpc) is 3.66. The summed E-state index contributed by atoms with van der Waals surface area (Å²) < 4.78 is 0. The van der Waals surface area contributed by atoms with Crippen molar-refractivity contribution in [2.24, 2.45) is 0 Å². The first kappa shape index (κ1) is 22.0. The van der Waals surface area contributed by atoms with E-state index in [4.69, 9.17) is 4.98 Å². The van der Waals surface area contributed by atoms with Crippen molar-refractivity contribution in [2.45, 2.75) is 19.4 Å². The highest BCUT2D eigenvalue weighted by atomic mass is 32.1. The van der Waals surface area contributed by atoms with Gasteiger partial charge < -0.3 is 5.32 Å². The fourth-order valence-electron chi connectivity index (χ4n) is 4.32.